The van der Waals surface area contributed by atoms with E-state index >= 15 is 0 Å². The molecule has 2 aliphatic rings. The highest BCUT2D eigenvalue weighted by Crippen LogP contribution is 2.42. The molecule has 0 saturated heterocycles. The minimum atomic E-state index is -4.40. The number of carbonyl (C=O) groups excluding carboxylic acids is 2. The third kappa shape index (κ3) is 10.2. The lowest BCUT2D eigenvalue weighted by molar-refractivity contribution is -0.142. The molecule has 6 aromatic carbocycles. The van der Waals surface area contributed by atoms with Crippen molar-refractivity contribution in [3.63, 3.8) is 0 Å². The molecule has 13 nitrogen and oxygen atoms in total. The zero-order valence-electron chi connectivity index (χ0n) is 34.7. The van der Waals surface area contributed by atoms with Gasteiger partial charge < -0.3 is 30.0 Å². The zero-order valence-corrected chi connectivity index (χ0v) is 37.0. The predicted octanol–water partition coefficient (Wildman–Crippen LogP) is 8.51. The number of hydrogen-bond donors (Lipinski definition) is 3. The topological polar surface area (TPSA) is 184 Å². The lowest BCUT2D eigenvalue weighted by atomic mass is 9.93. The van der Waals surface area contributed by atoms with Gasteiger partial charge in [0, 0.05) is 25.6 Å². The average Bonchev–Trinajstić information content (AvgIpc) is 3.30. The fourth-order valence-corrected chi connectivity index (χ4v) is 9.55. The van der Waals surface area contributed by atoms with E-state index in [4.69, 9.17) is 42.7 Å². The van der Waals surface area contributed by atoms with Crippen LogP contribution in [0.4, 0.5) is 5.69 Å². The van der Waals surface area contributed by atoms with Crippen LogP contribution in [0.1, 0.15) is 46.4 Å². The smallest absolute Gasteiger partial charge is 0.326 e. The van der Waals surface area contributed by atoms with Crippen LogP contribution in [0.25, 0.3) is 11.1 Å². The van der Waals surface area contributed by atoms with Crippen LogP contribution in [0.5, 0.6) is 17.2 Å². The highest BCUT2D eigenvalue weighted by Gasteiger charge is 2.42. The summed E-state index contributed by atoms with van der Waals surface area (Å²) in [5, 5.41) is 25.6. The van der Waals surface area contributed by atoms with Crippen LogP contribution in [-0.2, 0) is 50.4 Å². The number of nitrogens with one attached hydrogen (secondary N) is 2. The van der Waals surface area contributed by atoms with Gasteiger partial charge in [0.2, 0.25) is 21.8 Å². The van der Waals surface area contributed by atoms with Crippen molar-refractivity contribution in [2.24, 2.45) is 0 Å². The van der Waals surface area contributed by atoms with E-state index in [0.29, 0.717) is 55.2 Å². The van der Waals surface area contributed by atoms with Gasteiger partial charge in [0.05, 0.1) is 26.6 Å². The lowest BCUT2D eigenvalue weighted by Crippen LogP contribution is -2.55. The van der Waals surface area contributed by atoms with Crippen molar-refractivity contribution in [2.75, 3.05) is 11.9 Å². The third-order valence-electron chi connectivity index (χ3n) is 11.1. The van der Waals surface area contributed by atoms with Crippen molar-refractivity contribution in [1.29, 1.82) is 5.26 Å². The monoisotopic (exact) mass is 930 g/mol. The predicted molar refractivity (Wildman–Crippen MR) is 243 cm³/mol. The Kier molecular flexibility index (Phi) is 13.1. The Balaban J connectivity index is 1.02. The Hall–Kier alpha value is -6.89. The quantitative estimate of drug-likeness (QED) is 0.101. The molecule has 8 rings (SSSR count). The number of anilines is 1. The molecule has 16 heteroatoms. The first-order valence-corrected chi connectivity index (χ1v) is 22.6. The summed E-state index contributed by atoms with van der Waals surface area (Å²) in [6, 6.07) is 35.2. The number of hydrogen-bond acceptors (Lipinski definition) is 9. The summed E-state index contributed by atoms with van der Waals surface area (Å²) in [5.74, 6) is -1.00. The number of carboxylic acid groups (broad SMARTS) is 1. The van der Waals surface area contributed by atoms with Crippen molar-refractivity contribution < 1.29 is 42.1 Å². The van der Waals surface area contributed by atoms with Crippen molar-refractivity contribution in [3.8, 4) is 34.4 Å². The molecule has 3 N–H and O–H groups in total. The maximum absolute atomic E-state index is 14.5. The number of nitriles is 1. The number of sulfonamides is 1. The molecular formula is C49H40Cl2N4O9S. The second-order valence-electron chi connectivity index (χ2n) is 15.6. The van der Waals surface area contributed by atoms with E-state index in [9.17, 15) is 27.9 Å². The number of benzene rings is 6. The third-order valence-corrected chi connectivity index (χ3v) is 13.7. The van der Waals surface area contributed by atoms with Gasteiger partial charge in [-0.25, -0.2) is 13.2 Å². The SMILES string of the molecule is CC(=O)Nc1ccc(S(=O)(=O)N2Cc3cc4c(cc3CC2C(=O)NC(Cc2ccc(-c3ccc(C#N)cc3)cc2)C(=O)O)OCC(c2ccc(OCc3ccc(Cl)c(Cl)c3)cc2)O4)cc1. The minimum absolute atomic E-state index is 0.0796. The standard InChI is InChI=1S/C49H40Cl2N4O9S/c1-29(56)53-38-13-17-40(18-14-38)65(60,61)55-26-37-24-46-45(63-28-47(64-46)35-11-15-39(16-12-35)62-27-32-6-19-41(50)42(51)20-32)23-36(37)22-44(55)48(57)54-43(49(58)59)21-30-2-7-33(8-3-30)34-9-4-31(25-52)5-10-34/h2-20,23-24,43-44,47H,21-22,26-28H2,1H3,(H,53,56)(H,54,57)(H,58,59). The minimum Gasteiger partial charge on any atom is -0.489 e. The number of nitrogens with zero attached hydrogens (tertiary/aromatic N) is 2. The van der Waals surface area contributed by atoms with Gasteiger partial charge in [-0.05, 0) is 118 Å². The Morgan fingerprint density at radius 1 is 0.846 bits per heavy atom. The molecular weight excluding hydrogens is 892 g/mol. The number of fused-ring (bicyclic) bond motifs is 2. The Morgan fingerprint density at radius 3 is 2.15 bits per heavy atom. The molecule has 3 atom stereocenters. The zero-order chi connectivity index (χ0) is 45.8. The van der Waals surface area contributed by atoms with Crippen molar-refractivity contribution in [3.05, 3.63) is 171 Å². The molecule has 0 saturated carbocycles. The molecule has 2 heterocycles. The van der Waals surface area contributed by atoms with E-state index in [1.165, 1.54) is 31.2 Å². The number of aliphatic carboxylic acids is 1. The average molecular weight is 932 g/mol. The van der Waals surface area contributed by atoms with Crippen LogP contribution in [0.2, 0.25) is 10.0 Å². The maximum atomic E-state index is 14.5. The molecule has 0 fully saturated rings. The van der Waals surface area contributed by atoms with Gasteiger partial charge in [-0.15, -0.1) is 0 Å². The van der Waals surface area contributed by atoms with Crippen LogP contribution >= 0.6 is 23.2 Å². The largest absolute Gasteiger partial charge is 0.489 e. The molecule has 0 aromatic heterocycles. The summed E-state index contributed by atoms with van der Waals surface area (Å²) in [7, 11) is -4.40. The van der Waals surface area contributed by atoms with E-state index < -0.39 is 40.1 Å². The highest BCUT2D eigenvalue weighted by molar-refractivity contribution is 7.89. The molecule has 2 amide bonds. The molecule has 0 radical (unpaired) electrons. The van der Waals surface area contributed by atoms with Gasteiger partial charge in [0.25, 0.3) is 0 Å². The van der Waals surface area contributed by atoms with Crippen LogP contribution in [-0.4, -0.2) is 54.3 Å². The normalized spacial score (nSPS) is 16.0. The van der Waals surface area contributed by atoms with E-state index in [0.717, 1.165) is 26.6 Å². The molecule has 2 aliphatic heterocycles. The Morgan fingerprint density at radius 2 is 1.51 bits per heavy atom. The number of carboxylic acids is 1. The number of rotatable bonds is 13. The van der Waals surface area contributed by atoms with Crippen LogP contribution in [0, 0.1) is 11.3 Å². The Labute approximate surface area is 385 Å². The summed E-state index contributed by atoms with van der Waals surface area (Å²) < 4.78 is 48.6. The molecule has 0 bridgehead atoms. The van der Waals surface area contributed by atoms with E-state index in [2.05, 4.69) is 16.7 Å². The van der Waals surface area contributed by atoms with Crippen molar-refractivity contribution in [2.45, 2.75) is 56.0 Å². The Bertz CT molecular complexity index is 2930. The maximum Gasteiger partial charge on any atom is 0.326 e. The fourth-order valence-electron chi connectivity index (χ4n) is 7.67. The van der Waals surface area contributed by atoms with Crippen molar-refractivity contribution in [1.82, 2.24) is 9.62 Å². The first kappa shape index (κ1) is 44.7. The number of ether oxygens (including phenoxy) is 3. The second kappa shape index (κ2) is 19.1. The summed E-state index contributed by atoms with van der Waals surface area (Å²) in [4.78, 5) is 38.5. The number of halogens is 2. The molecule has 65 heavy (non-hydrogen) atoms. The number of amides is 2. The van der Waals surface area contributed by atoms with Crippen LogP contribution in [0.3, 0.4) is 0 Å². The molecule has 0 spiro atoms. The summed E-state index contributed by atoms with van der Waals surface area (Å²) in [5.41, 5.74) is 6.12. The van der Waals surface area contributed by atoms with Crippen molar-refractivity contribution >= 4 is 56.7 Å². The molecule has 330 valence electrons. The van der Waals surface area contributed by atoms with Crippen LogP contribution in [0.15, 0.2) is 132 Å². The second-order valence-corrected chi connectivity index (χ2v) is 18.3. The van der Waals surface area contributed by atoms with E-state index in [1.807, 2.05) is 54.6 Å². The van der Waals surface area contributed by atoms with E-state index in [1.54, 1.807) is 48.5 Å². The highest BCUT2D eigenvalue weighted by atomic mass is 35.5. The van der Waals surface area contributed by atoms with Gasteiger partial charge in [-0.3, -0.25) is 9.59 Å². The summed E-state index contributed by atoms with van der Waals surface area (Å²) in [6.45, 7) is 1.54. The van der Waals surface area contributed by atoms with Gasteiger partial charge in [-0.2, -0.15) is 9.57 Å². The van der Waals surface area contributed by atoms with Gasteiger partial charge in [0.15, 0.2) is 17.6 Å². The molecule has 0 aliphatic carbocycles. The summed E-state index contributed by atoms with van der Waals surface area (Å²) >= 11 is 12.2. The van der Waals surface area contributed by atoms with Gasteiger partial charge in [-0.1, -0.05) is 77.8 Å². The fraction of sp³-hybridized carbons (Fsp3) is 0.184. The van der Waals surface area contributed by atoms with Gasteiger partial charge >= 0.3 is 5.97 Å². The first-order valence-electron chi connectivity index (χ1n) is 20.4. The number of carbonyl (C=O) groups is 3. The van der Waals surface area contributed by atoms with Gasteiger partial charge in [0.1, 0.15) is 31.0 Å². The summed E-state index contributed by atoms with van der Waals surface area (Å²) in [6.07, 6.45) is -0.683. The molecule has 6 aromatic rings. The van der Waals surface area contributed by atoms with E-state index in [-0.39, 0.29) is 43.4 Å². The lowest BCUT2D eigenvalue weighted by Gasteiger charge is -2.37. The first-order chi connectivity index (χ1) is 31.2. The molecule has 3 unspecified atom stereocenters. The van der Waals surface area contributed by atoms with Crippen LogP contribution < -0.4 is 24.8 Å².